The average molecular weight is 287 g/mol. The zero-order valence-corrected chi connectivity index (χ0v) is 12.2. The molecule has 3 rings (SSSR count). The van der Waals surface area contributed by atoms with Crippen molar-refractivity contribution in [3.63, 3.8) is 0 Å². The van der Waals surface area contributed by atoms with Gasteiger partial charge in [-0.2, -0.15) is 4.98 Å². The lowest BCUT2D eigenvalue weighted by Gasteiger charge is -2.35. The molecular formula is C15H21N5O. The van der Waals surface area contributed by atoms with E-state index in [0.29, 0.717) is 18.3 Å². The summed E-state index contributed by atoms with van der Waals surface area (Å²) < 4.78 is 0. The maximum absolute atomic E-state index is 9.45. The van der Waals surface area contributed by atoms with Crippen LogP contribution in [0.3, 0.4) is 0 Å². The van der Waals surface area contributed by atoms with Crippen LogP contribution in [-0.2, 0) is 0 Å². The second kappa shape index (κ2) is 5.83. The van der Waals surface area contributed by atoms with Crippen molar-refractivity contribution in [1.82, 2.24) is 14.9 Å². The lowest BCUT2D eigenvalue weighted by Crippen LogP contribution is -2.48. The first-order valence-electron chi connectivity index (χ1n) is 7.31. The predicted molar refractivity (Wildman–Crippen MR) is 84.3 cm³/mol. The Balaban J connectivity index is 1.76. The van der Waals surface area contributed by atoms with Crippen molar-refractivity contribution in [2.75, 3.05) is 43.4 Å². The van der Waals surface area contributed by atoms with Crippen LogP contribution in [0.5, 0.6) is 0 Å². The lowest BCUT2D eigenvalue weighted by atomic mass is 10.2. The number of para-hydroxylation sites is 1. The maximum atomic E-state index is 9.45. The van der Waals surface area contributed by atoms with Crippen LogP contribution in [0.4, 0.5) is 11.8 Å². The molecule has 1 saturated heterocycles. The maximum Gasteiger partial charge on any atom is 0.227 e. The summed E-state index contributed by atoms with van der Waals surface area (Å²) >= 11 is 0. The monoisotopic (exact) mass is 287 g/mol. The van der Waals surface area contributed by atoms with Crippen molar-refractivity contribution < 1.29 is 5.11 Å². The molecule has 0 saturated carbocycles. The highest BCUT2D eigenvalue weighted by molar-refractivity contribution is 5.88. The number of hydrogen-bond acceptors (Lipinski definition) is 6. The molecule has 2 aromatic rings. The van der Waals surface area contributed by atoms with Crippen LogP contribution in [0.1, 0.15) is 6.92 Å². The van der Waals surface area contributed by atoms with E-state index in [4.69, 9.17) is 5.73 Å². The number of β-amino-alcohol motifs (C(OH)–C–C–N with tert-alkyl or cyclic N) is 1. The lowest BCUT2D eigenvalue weighted by molar-refractivity contribution is 0.122. The molecule has 0 spiro atoms. The molecule has 3 N–H and O–H groups in total. The Labute approximate surface area is 124 Å². The summed E-state index contributed by atoms with van der Waals surface area (Å²) in [7, 11) is 0. The topological polar surface area (TPSA) is 78.5 Å². The minimum absolute atomic E-state index is 0.288. The number of piperazine rings is 1. The van der Waals surface area contributed by atoms with Crippen LogP contribution in [-0.4, -0.2) is 58.8 Å². The van der Waals surface area contributed by atoms with Gasteiger partial charge in [-0.15, -0.1) is 0 Å². The van der Waals surface area contributed by atoms with Gasteiger partial charge >= 0.3 is 0 Å². The number of hydrogen-bond donors (Lipinski definition) is 2. The standard InChI is InChI=1S/C15H21N5O/c1-11(21)10-19-6-8-20(9-7-19)15-17-13-5-3-2-4-12(13)14(16)18-15/h2-5,11,21H,6-10H2,1H3,(H2,16,17,18)/t11-/m1/s1. The Kier molecular flexibility index (Phi) is 3.90. The summed E-state index contributed by atoms with van der Waals surface area (Å²) in [5.41, 5.74) is 6.92. The molecule has 0 aliphatic carbocycles. The molecule has 1 atom stereocenters. The number of aliphatic hydroxyl groups is 1. The van der Waals surface area contributed by atoms with Gasteiger partial charge in [0, 0.05) is 38.1 Å². The van der Waals surface area contributed by atoms with E-state index in [1.54, 1.807) is 0 Å². The molecule has 1 aliphatic heterocycles. The van der Waals surface area contributed by atoms with Crippen molar-refractivity contribution in [2.45, 2.75) is 13.0 Å². The molecule has 1 aromatic carbocycles. The molecule has 112 valence electrons. The number of nitrogens with two attached hydrogens (primary N) is 1. The Morgan fingerprint density at radius 1 is 1.19 bits per heavy atom. The molecule has 0 radical (unpaired) electrons. The first-order chi connectivity index (χ1) is 10.1. The third-order valence-electron chi connectivity index (χ3n) is 3.80. The molecule has 1 aromatic heterocycles. The van der Waals surface area contributed by atoms with Gasteiger partial charge in [-0.25, -0.2) is 4.98 Å². The van der Waals surface area contributed by atoms with E-state index >= 15 is 0 Å². The zero-order chi connectivity index (χ0) is 14.8. The molecule has 1 aliphatic rings. The van der Waals surface area contributed by atoms with Gasteiger partial charge in [0.2, 0.25) is 5.95 Å². The van der Waals surface area contributed by atoms with Gasteiger partial charge in [-0.1, -0.05) is 12.1 Å². The molecule has 1 fully saturated rings. The summed E-state index contributed by atoms with van der Waals surface area (Å²) in [6.45, 7) is 6.05. The summed E-state index contributed by atoms with van der Waals surface area (Å²) in [4.78, 5) is 13.5. The zero-order valence-electron chi connectivity index (χ0n) is 12.2. The number of benzene rings is 1. The van der Waals surface area contributed by atoms with Crippen molar-refractivity contribution >= 4 is 22.7 Å². The smallest absolute Gasteiger partial charge is 0.227 e. The summed E-state index contributed by atoms with van der Waals surface area (Å²) in [5.74, 6) is 1.23. The Morgan fingerprint density at radius 2 is 1.90 bits per heavy atom. The largest absolute Gasteiger partial charge is 0.392 e. The van der Waals surface area contributed by atoms with Crippen molar-refractivity contribution in [3.8, 4) is 0 Å². The SMILES string of the molecule is C[C@@H](O)CN1CCN(c2nc(N)c3ccccc3n2)CC1. The molecule has 21 heavy (non-hydrogen) atoms. The van der Waals surface area contributed by atoms with Crippen molar-refractivity contribution in [2.24, 2.45) is 0 Å². The number of rotatable bonds is 3. The number of nitrogen functional groups attached to an aromatic ring is 1. The third kappa shape index (κ3) is 3.06. The molecule has 0 amide bonds. The highest BCUT2D eigenvalue weighted by Gasteiger charge is 2.20. The molecule has 6 nitrogen and oxygen atoms in total. The average Bonchev–Trinajstić information content (AvgIpc) is 2.47. The molecule has 0 bridgehead atoms. The number of fused-ring (bicyclic) bond motifs is 1. The Hall–Kier alpha value is -1.92. The Morgan fingerprint density at radius 3 is 2.62 bits per heavy atom. The van der Waals surface area contributed by atoms with Crippen LogP contribution in [0.25, 0.3) is 10.9 Å². The minimum Gasteiger partial charge on any atom is -0.392 e. The second-order valence-corrected chi connectivity index (χ2v) is 5.56. The van der Waals surface area contributed by atoms with Gasteiger partial charge in [-0.05, 0) is 19.1 Å². The second-order valence-electron chi connectivity index (χ2n) is 5.56. The first-order valence-corrected chi connectivity index (χ1v) is 7.31. The number of aromatic nitrogens is 2. The highest BCUT2D eigenvalue weighted by Crippen LogP contribution is 2.21. The van der Waals surface area contributed by atoms with Crippen LogP contribution < -0.4 is 10.6 Å². The van der Waals surface area contributed by atoms with E-state index in [1.165, 1.54) is 0 Å². The quantitative estimate of drug-likeness (QED) is 0.866. The van der Waals surface area contributed by atoms with E-state index in [2.05, 4.69) is 19.8 Å². The fraction of sp³-hybridized carbons (Fsp3) is 0.467. The predicted octanol–water partition coefficient (Wildman–Crippen LogP) is 0.715. The molecule has 2 heterocycles. The molecule has 0 unspecified atom stereocenters. The van der Waals surface area contributed by atoms with E-state index < -0.39 is 0 Å². The Bertz CT molecular complexity index is 622. The van der Waals surface area contributed by atoms with Gasteiger partial charge in [0.1, 0.15) is 5.82 Å². The molecular weight excluding hydrogens is 266 g/mol. The van der Waals surface area contributed by atoms with E-state index in [0.717, 1.165) is 37.1 Å². The van der Waals surface area contributed by atoms with Crippen LogP contribution in [0.2, 0.25) is 0 Å². The van der Waals surface area contributed by atoms with Gasteiger partial charge in [0.05, 0.1) is 11.6 Å². The van der Waals surface area contributed by atoms with Crippen LogP contribution >= 0.6 is 0 Å². The van der Waals surface area contributed by atoms with Crippen molar-refractivity contribution in [3.05, 3.63) is 24.3 Å². The van der Waals surface area contributed by atoms with Crippen LogP contribution in [0.15, 0.2) is 24.3 Å². The summed E-state index contributed by atoms with van der Waals surface area (Å²) in [6, 6.07) is 7.80. The normalized spacial score (nSPS) is 18.1. The molecule has 6 heteroatoms. The fourth-order valence-corrected chi connectivity index (χ4v) is 2.73. The van der Waals surface area contributed by atoms with E-state index in [-0.39, 0.29) is 6.10 Å². The third-order valence-corrected chi connectivity index (χ3v) is 3.80. The van der Waals surface area contributed by atoms with E-state index in [1.807, 2.05) is 31.2 Å². The first kappa shape index (κ1) is 14.0. The van der Waals surface area contributed by atoms with Crippen molar-refractivity contribution in [1.29, 1.82) is 0 Å². The number of aliphatic hydroxyl groups excluding tert-OH is 1. The number of anilines is 2. The van der Waals surface area contributed by atoms with Gasteiger partial charge in [-0.3, -0.25) is 4.90 Å². The highest BCUT2D eigenvalue weighted by atomic mass is 16.3. The van der Waals surface area contributed by atoms with E-state index in [9.17, 15) is 5.11 Å². The summed E-state index contributed by atoms with van der Waals surface area (Å²) in [6.07, 6.45) is -0.288. The number of nitrogens with zero attached hydrogens (tertiary/aromatic N) is 4. The fourth-order valence-electron chi connectivity index (χ4n) is 2.73. The van der Waals surface area contributed by atoms with Gasteiger partial charge in [0.25, 0.3) is 0 Å². The van der Waals surface area contributed by atoms with Crippen LogP contribution in [0, 0.1) is 0 Å². The summed E-state index contributed by atoms with van der Waals surface area (Å²) in [5, 5.41) is 10.3. The minimum atomic E-state index is -0.288. The van der Waals surface area contributed by atoms with Gasteiger partial charge in [0.15, 0.2) is 0 Å². The van der Waals surface area contributed by atoms with Gasteiger partial charge < -0.3 is 15.7 Å².